The van der Waals surface area contributed by atoms with Crippen LogP contribution in [0, 0.1) is 0 Å². The zero-order valence-corrected chi connectivity index (χ0v) is 7.59. The molecule has 1 amide bonds. The first kappa shape index (κ1) is 8.53. The average Bonchev–Trinajstić information content (AvgIpc) is 1.97. The Bertz CT molecular complexity index is 169. The molecule has 1 N–H and O–H groups in total. The third-order valence-electron chi connectivity index (χ3n) is 2.57. The molecule has 3 nitrogen and oxygen atoms in total. The van der Waals surface area contributed by atoms with Gasteiger partial charge in [-0.05, 0) is 20.8 Å². The van der Waals surface area contributed by atoms with E-state index >= 15 is 0 Å². The Morgan fingerprint density at radius 2 is 1.91 bits per heavy atom. The van der Waals surface area contributed by atoms with Gasteiger partial charge in [0.15, 0.2) is 0 Å². The molecule has 0 spiro atoms. The van der Waals surface area contributed by atoms with Gasteiger partial charge in [0.25, 0.3) is 0 Å². The van der Waals surface area contributed by atoms with Crippen LogP contribution in [0.1, 0.15) is 20.8 Å². The molecule has 1 heterocycles. The molecule has 0 aromatic carbocycles. The number of likely N-dealkylation sites (N-methyl/N-ethyl adjacent to an activating group) is 1. The predicted octanol–water partition coefficient (Wildman–Crippen LogP) is 0.213. The molecule has 0 aliphatic carbocycles. The molecule has 0 aromatic heterocycles. The molecule has 1 aliphatic rings. The Kier molecular flexibility index (Phi) is 2.18. The lowest BCUT2D eigenvalue weighted by Gasteiger charge is -2.39. The van der Waals surface area contributed by atoms with Crippen molar-refractivity contribution < 1.29 is 4.79 Å². The minimum atomic E-state index is -0.0220. The van der Waals surface area contributed by atoms with Gasteiger partial charge in [-0.1, -0.05) is 0 Å². The minimum absolute atomic E-state index is 0.0220. The first-order chi connectivity index (χ1) is 5.04. The van der Waals surface area contributed by atoms with Crippen LogP contribution in [0.3, 0.4) is 0 Å². The molecular weight excluding hydrogens is 140 g/mol. The standard InChI is InChI=1S/C8H16N2O/c1-5-7(3)10(4)8(11)6(2)9-5/h5-7,9H,1-4H3. The second-order valence-corrected chi connectivity index (χ2v) is 3.37. The molecule has 11 heavy (non-hydrogen) atoms. The summed E-state index contributed by atoms with van der Waals surface area (Å²) < 4.78 is 0. The molecule has 1 aliphatic heterocycles. The fraction of sp³-hybridized carbons (Fsp3) is 0.875. The molecule has 0 aromatic rings. The highest BCUT2D eigenvalue weighted by atomic mass is 16.2. The molecule has 3 heteroatoms. The predicted molar refractivity (Wildman–Crippen MR) is 44.3 cm³/mol. The van der Waals surface area contributed by atoms with Crippen molar-refractivity contribution in [2.45, 2.75) is 38.9 Å². The Morgan fingerprint density at radius 1 is 1.36 bits per heavy atom. The quantitative estimate of drug-likeness (QED) is 0.544. The number of hydrogen-bond acceptors (Lipinski definition) is 2. The topological polar surface area (TPSA) is 32.3 Å². The maximum absolute atomic E-state index is 11.3. The Labute approximate surface area is 67.8 Å². The Hall–Kier alpha value is -0.570. The van der Waals surface area contributed by atoms with E-state index in [1.165, 1.54) is 0 Å². The smallest absolute Gasteiger partial charge is 0.239 e. The highest BCUT2D eigenvalue weighted by molar-refractivity contribution is 5.82. The van der Waals surface area contributed by atoms with E-state index in [4.69, 9.17) is 0 Å². The Morgan fingerprint density at radius 3 is 2.45 bits per heavy atom. The van der Waals surface area contributed by atoms with Gasteiger partial charge in [0.2, 0.25) is 5.91 Å². The van der Waals surface area contributed by atoms with Gasteiger partial charge in [-0.25, -0.2) is 0 Å². The second kappa shape index (κ2) is 2.81. The molecule has 1 rings (SSSR count). The molecule has 0 saturated carbocycles. The fourth-order valence-corrected chi connectivity index (χ4v) is 1.45. The first-order valence-electron chi connectivity index (χ1n) is 4.06. The van der Waals surface area contributed by atoms with Crippen LogP contribution in [0.4, 0.5) is 0 Å². The monoisotopic (exact) mass is 156 g/mol. The summed E-state index contributed by atoms with van der Waals surface area (Å²) in [6, 6.07) is 0.678. The number of nitrogens with one attached hydrogen (secondary N) is 1. The van der Waals surface area contributed by atoms with E-state index in [2.05, 4.69) is 19.2 Å². The van der Waals surface area contributed by atoms with E-state index in [1.54, 1.807) is 0 Å². The summed E-state index contributed by atoms with van der Waals surface area (Å²) in [4.78, 5) is 13.2. The van der Waals surface area contributed by atoms with Crippen molar-refractivity contribution in [3.05, 3.63) is 0 Å². The second-order valence-electron chi connectivity index (χ2n) is 3.37. The van der Waals surface area contributed by atoms with Crippen LogP contribution in [0.15, 0.2) is 0 Å². The number of amides is 1. The van der Waals surface area contributed by atoms with Crippen molar-refractivity contribution in [1.82, 2.24) is 10.2 Å². The SMILES string of the molecule is CC1NC(C)C(C)N(C)C1=O. The molecule has 0 bridgehead atoms. The van der Waals surface area contributed by atoms with Crippen molar-refractivity contribution in [2.24, 2.45) is 0 Å². The highest BCUT2D eigenvalue weighted by Gasteiger charge is 2.31. The van der Waals surface area contributed by atoms with Crippen LogP contribution in [0.2, 0.25) is 0 Å². The molecule has 3 atom stereocenters. The zero-order chi connectivity index (χ0) is 8.59. The Balaban J connectivity index is 2.70. The van der Waals surface area contributed by atoms with Crippen molar-refractivity contribution >= 4 is 5.91 Å². The minimum Gasteiger partial charge on any atom is -0.340 e. The highest BCUT2D eigenvalue weighted by Crippen LogP contribution is 2.10. The number of hydrogen-bond donors (Lipinski definition) is 1. The summed E-state index contributed by atoms with van der Waals surface area (Å²) >= 11 is 0. The summed E-state index contributed by atoms with van der Waals surface area (Å²) in [6.07, 6.45) is 0. The number of carbonyl (C=O) groups excluding carboxylic acids is 1. The number of piperazine rings is 1. The van der Waals surface area contributed by atoms with Crippen LogP contribution in [0.25, 0.3) is 0 Å². The number of carbonyl (C=O) groups is 1. The maximum Gasteiger partial charge on any atom is 0.239 e. The van der Waals surface area contributed by atoms with Crippen molar-refractivity contribution in [2.75, 3.05) is 7.05 Å². The van der Waals surface area contributed by atoms with Crippen LogP contribution in [0.5, 0.6) is 0 Å². The van der Waals surface area contributed by atoms with Crippen LogP contribution < -0.4 is 5.32 Å². The van der Waals surface area contributed by atoms with E-state index in [1.807, 2.05) is 18.9 Å². The fourth-order valence-electron chi connectivity index (χ4n) is 1.45. The lowest BCUT2D eigenvalue weighted by Crippen LogP contribution is -2.61. The largest absolute Gasteiger partial charge is 0.340 e. The molecular formula is C8H16N2O. The van der Waals surface area contributed by atoms with Gasteiger partial charge in [0, 0.05) is 19.1 Å². The van der Waals surface area contributed by atoms with Gasteiger partial charge in [-0.15, -0.1) is 0 Å². The molecule has 3 unspecified atom stereocenters. The number of rotatable bonds is 0. The van der Waals surface area contributed by atoms with Gasteiger partial charge in [-0.3, -0.25) is 4.79 Å². The van der Waals surface area contributed by atoms with Crippen molar-refractivity contribution in [3.63, 3.8) is 0 Å². The van der Waals surface area contributed by atoms with E-state index in [0.717, 1.165) is 0 Å². The van der Waals surface area contributed by atoms with Crippen LogP contribution in [-0.2, 0) is 4.79 Å². The summed E-state index contributed by atoms with van der Waals surface area (Å²) in [6.45, 7) is 6.06. The third-order valence-corrected chi connectivity index (χ3v) is 2.57. The van der Waals surface area contributed by atoms with Crippen LogP contribution >= 0.6 is 0 Å². The summed E-state index contributed by atoms with van der Waals surface area (Å²) in [5.41, 5.74) is 0. The molecule has 64 valence electrons. The van der Waals surface area contributed by atoms with Gasteiger partial charge in [-0.2, -0.15) is 0 Å². The summed E-state index contributed by atoms with van der Waals surface area (Å²) in [5.74, 6) is 0.190. The normalized spacial score (nSPS) is 39.5. The zero-order valence-electron chi connectivity index (χ0n) is 7.59. The van der Waals surface area contributed by atoms with Crippen molar-refractivity contribution in [1.29, 1.82) is 0 Å². The summed E-state index contributed by atoms with van der Waals surface area (Å²) in [7, 11) is 1.86. The lowest BCUT2D eigenvalue weighted by molar-refractivity contribution is -0.137. The van der Waals surface area contributed by atoms with Gasteiger partial charge >= 0.3 is 0 Å². The van der Waals surface area contributed by atoms with E-state index in [0.29, 0.717) is 12.1 Å². The summed E-state index contributed by atoms with van der Waals surface area (Å²) in [5, 5.41) is 3.22. The van der Waals surface area contributed by atoms with Crippen molar-refractivity contribution in [3.8, 4) is 0 Å². The van der Waals surface area contributed by atoms with E-state index < -0.39 is 0 Å². The van der Waals surface area contributed by atoms with Gasteiger partial charge in [0.1, 0.15) is 0 Å². The molecule has 1 fully saturated rings. The van der Waals surface area contributed by atoms with Gasteiger partial charge < -0.3 is 10.2 Å². The van der Waals surface area contributed by atoms with Gasteiger partial charge in [0.05, 0.1) is 6.04 Å². The van der Waals surface area contributed by atoms with Crippen LogP contribution in [-0.4, -0.2) is 36.0 Å². The maximum atomic E-state index is 11.3. The van der Waals surface area contributed by atoms with E-state index in [-0.39, 0.29) is 11.9 Å². The molecule has 1 saturated heterocycles. The third kappa shape index (κ3) is 1.38. The molecule has 0 radical (unpaired) electrons. The lowest BCUT2D eigenvalue weighted by atomic mass is 10.0. The first-order valence-corrected chi connectivity index (χ1v) is 4.06. The van der Waals surface area contributed by atoms with E-state index in [9.17, 15) is 4.79 Å². The average molecular weight is 156 g/mol. The number of nitrogens with zero attached hydrogens (tertiary/aromatic N) is 1.